The van der Waals surface area contributed by atoms with Crippen LogP contribution in [0.5, 0.6) is 5.75 Å². The zero-order chi connectivity index (χ0) is 26.0. The molecule has 36 heavy (non-hydrogen) atoms. The highest BCUT2D eigenvalue weighted by Crippen LogP contribution is 2.41. The number of nitrogens with two attached hydrogens (primary N) is 1. The molecule has 1 aromatic carbocycles. The Balaban J connectivity index is 1.60. The smallest absolute Gasteiger partial charge is 0.165 e. The van der Waals surface area contributed by atoms with Crippen LogP contribution >= 0.6 is 23.2 Å². The summed E-state index contributed by atoms with van der Waals surface area (Å²) in [5, 5.41) is 9.46. The number of fused-ring (bicyclic) bond motifs is 1. The zero-order valence-electron chi connectivity index (χ0n) is 21.9. The molecule has 2 aromatic heterocycles. The number of hydrogen-bond donors (Lipinski definition) is 2. The van der Waals surface area contributed by atoms with Crippen LogP contribution in [0.4, 0.5) is 5.82 Å². The minimum absolute atomic E-state index is 0.360. The number of hydrogen-bond acceptors (Lipinski definition) is 6. The van der Waals surface area contributed by atoms with Crippen LogP contribution in [0, 0.1) is 19.8 Å². The number of ether oxygens (including phenoxy) is 1. The van der Waals surface area contributed by atoms with E-state index < -0.39 is 0 Å². The summed E-state index contributed by atoms with van der Waals surface area (Å²) in [6.45, 7) is 11.4. The highest BCUT2D eigenvalue weighted by Gasteiger charge is 2.25. The summed E-state index contributed by atoms with van der Waals surface area (Å²) >= 11 is 13.3. The SMILES string of the molecule is COc1cc(Cl)c(-c2c(C)nn3c(NCCN(CC(C)C)C4CCC(N)CC4)cc(C)nc23)c(Cl)c1. The molecule has 0 saturated heterocycles. The molecule has 0 atom stereocenters. The van der Waals surface area contributed by atoms with Crippen LogP contribution in [0.15, 0.2) is 18.2 Å². The molecule has 2 heterocycles. The first-order chi connectivity index (χ1) is 17.2. The fraction of sp³-hybridized carbons (Fsp3) is 0.556. The van der Waals surface area contributed by atoms with Gasteiger partial charge in [-0.1, -0.05) is 37.0 Å². The standard InChI is InChI=1S/C27H38Cl2N6O/c1-16(2)15-34(20-8-6-19(30)7-9-20)11-10-31-24-12-17(3)32-27-25(18(4)33-35(24)27)26-22(28)13-21(36-5)14-23(26)29/h12-14,16,19-20,31H,6-11,15,30H2,1-5H3. The summed E-state index contributed by atoms with van der Waals surface area (Å²) in [6, 6.07) is 6.53. The zero-order valence-corrected chi connectivity index (χ0v) is 23.5. The Morgan fingerprint density at radius 1 is 1.11 bits per heavy atom. The van der Waals surface area contributed by atoms with Crippen molar-refractivity contribution in [1.82, 2.24) is 19.5 Å². The first-order valence-corrected chi connectivity index (χ1v) is 13.6. The highest BCUT2D eigenvalue weighted by atomic mass is 35.5. The van der Waals surface area contributed by atoms with Crippen molar-refractivity contribution in [2.24, 2.45) is 11.7 Å². The van der Waals surface area contributed by atoms with Gasteiger partial charge in [-0.2, -0.15) is 9.61 Å². The first kappa shape index (κ1) is 27.0. The van der Waals surface area contributed by atoms with Crippen LogP contribution in [-0.4, -0.2) is 58.3 Å². The van der Waals surface area contributed by atoms with Crippen LogP contribution in [0.25, 0.3) is 16.8 Å². The molecule has 9 heteroatoms. The minimum Gasteiger partial charge on any atom is -0.497 e. The maximum absolute atomic E-state index is 6.64. The molecular weight excluding hydrogens is 495 g/mol. The summed E-state index contributed by atoms with van der Waals surface area (Å²) in [7, 11) is 1.59. The third kappa shape index (κ3) is 5.91. The van der Waals surface area contributed by atoms with E-state index in [2.05, 4.69) is 24.1 Å². The van der Waals surface area contributed by atoms with Crippen LogP contribution in [0.1, 0.15) is 50.9 Å². The number of rotatable bonds is 9. The average molecular weight is 534 g/mol. The van der Waals surface area contributed by atoms with Crippen molar-refractivity contribution in [2.45, 2.75) is 65.5 Å². The van der Waals surface area contributed by atoms with E-state index in [9.17, 15) is 0 Å². The van der Waals surface area contributed by atoms with Crippen molar-refractivity contribution in [3.8, 4) is 16.9 Å². The monoisotopic (exact) mass is 532 g/mol. The molecule has 1 saturated carbocycles. The number of aryl methyl sites for hydroxylation is 2. The quantitative estimate of drug-likeness (QED) is 0.353. The van der Waals surface area contributed by atoms with Crippen molar-refractivity contribution in [3.05, 3.63) is 39.6 Å². The van der Waals surface area contributed by atoms with Gasteiger partial charge in [0.2, 0.25) is 0 Å². The Kier molecular flexibility index (Phi) is 8.66. The fourth-order valence-corrected chi connectivity index (χ4v) is 5.91. The Hall–Kier alpha value is -2.06. The lowest BCUT2D eigenvalue weighted by Crippen LogP contribution is -2.44. The highest BCUT2D eigenvalue weighted by molar-refractivity contribution is 6.39. The number of benzene rings is 1. The molecule has 4 rings (SSSR count). The summed E-state index contributed by atoms with van der Waals surface area (Å²) in [6.07, 6.45) is 4.58. The van der Waals surface area contributed by atoms with Gasteiger partial charge in [-0.3, -0.25) is 4.90 Å². The van der Waals surface area contributed by atoms with Crippen molar-refractivity contribution >= 4 is 34.7 Å². The second kappa shape index (κ2) is 11.5. The van der Waals surface area contributed by atoms with E-state index in [-0.39, 0.29) is 0 Å². The predicted molar refractivity (Wildman–Crippen MR) is 150 cm³/mol. The Morgan fingerprint density at radius 2 is 1.78 bits per heavy atom. The Labute approximate surface area is 224 Å². The predicted octanol–water partition coefficient (Wildman–Crippen LogP) is 5.97. The summed E-state index contributed by atoms with van der Waals surface area (Å²) < 4.78 is 7.18. The van der Waals surface area contributed by atoms with Crippen LogP contribution in [0.2, 0.25) is 10.0 Å². The molecule has 0 bridgehead atoms. The van der Waals surface area contributed by atoms with Gasteiger partial charge in [0.05, 0.1) is 28.4 Å². The van der Waals surface area contributed by atoms with Crippen molar-refractivity contribution in [3.63, 3.8) is 0 Å². The molecule has 7 nitrogen and oxygen atoms in total. The van der Waals surface area contributed by atoms with Crippen molar-refractivity contribution in [1.29, 1.82) is 0 Å². The first-order valence-electron chi connectivity index (χ1n) is 12.8. The molecule has 3 aromatic rings. The molecule has 0 amide bonds. The summed E-state index contributed by atoms with van der Waals surface area (Å²) in [5.74, 6) is 2.13. The van der Waals surface area contributed by atoms with Gasteiger partial charge >= 0.3 is 0 Å². The van der Waals surface area contributed by atoms with E-state index in [4.69, 9.17) is 43.8 Å². The molecular formula is C27H38Cl2N6O. The van der Waals surface area contributed by atoms with Gasteiger partial charge in [0, 0.05) is 49.0 Å². The van der Waals surface area contributed by atoms with E-state index in [1.165, 1.54) is 12.8 Å². The number of aromatic nitrogens is 3. The van der Waals surface area contributed by atoms with Gasteiger partial charge in [-0.25, -0.2) is 4.98 Å². The number of anilines is 1. The third-order valence-electron chi connectivity index (χ3n) is 6.96. The van der Waals surface area contributed by atoms with E-state index in [1.807, 2.05) is 24.4 Å². The largest absolute Gasteiger partial charge is 0.497 e. The summed E-state index contributed by atoms with van der Waals surface area (Å²) in [5.41, 5.74) is 10.1. The lowest BCUT2D eigenvalue weighted by Gasteiger charge is -2.37. The van der Waals surface area contributed by atoms with Gasteiger partial charge in [0.1, 0.15) is 11.6 Å². The second-order valence-electron chi connectivity index (χ2n) is 10.3. The summed E-state index contributed by atoms with van der Waals surface area (Å²) in [4.78, 5) is 7.44. The van der Waals surface area contributed by atoms with E-state index in [0.29, 0.717) is 39.4 Å². The van der Waals surface area contributed by atoms with E-state index in [0.717, 1.165) is 60.9 Å². The minimum atomic E-state index is 0.360. The molecule has 3 N–H and O–H groups in total. The molecule has 1 fully saturated rings. The Bertz CT molecular complexity index is 1180. The maximum Gasteiger partial charge on any atom is 0.165 e. The Morgan fingerprint density at radius 3 is 2.39 bits per heavy atom. The molecule has 196 valence electrons. The average Bonchev–Trinajstić information content (AvgIpc) is 3.14. The van der Waals surface area contributed by atoms with Gasteiger partial charge in [0.25, 0.3) is 0 Å². The lowest BCUT2D eigenvalue weighted by atomic mass is 9.90. The van der Waals surface area contributed by atoms with E-state index >= 15 is 0 Å². The maximum atomic E-state index is 6.64. The molecule has 1 aliphatic rings. The van der Waals surface area contributed by atoms with Crippen LogP contribution in [0.3, 0.4) is 0 Å². The second-order valence-corrected chi connectivity index (χ2v) is 11.1. The van der Waals surface area contributed by atoms with Gasteiger partial charge < -0.3 is 15.8 Å². The van der Waals surface area contributed by atoms with Gasteiger partial charge in [-0.15, -0.1) is 0 Å². The fourth-order valence-electron chi connectivity index (χ4n) is 5.26. The van der Waals surface area contributed by atoms with E-state index in [1.54, 1.807) is 19.2 Å². The van der Waals surface area contributed by atoms with Crippen LogP contribution in [-0.2, 0) is 0 Å². The molecule has 0 unspecified atom stereocenters. The molecule has 0 radical (unpaired) electrons. The third-order valence-corrected chi connectivity index (χ3v) is 7.55. The van der Waals surface area contributed by atoms with Crippen LogP contribution < -0.4 is 15.8 Å². The molecule has 1 aliphatic carbocycles. The lowest BCUT2D eigenvalue weighted by molar-refractivity contribution is 0.139. The normalized spacial score (nSPS) is 18.4. The number of nitrogens with one attached hydrogen (secondary N) is 1. The number of nitrogens with zero attached hydrogens (tertiary/aromatic N) is 4. The topological polar surface area (TPSA) is 80.7 Å². The van der Waals surface area contributed by atoms with Gasteiger partial charge in [-0.05, 0) is 57.6 Å². The van der Waals surface area contributed by atoms with Gasteiger partial charge in [0.15, 0.2) is 5.65 Å². The molecule has 0 spiro atoms. The van der Waals surface area contributed by atoms with Crippen molar-refractivity contribution < 1.29 is 4.74 Å². The molecule has 0 aliphatic heterocycles. The number of methoxy groups -OCH3 is 1. The van der Waals surface area contributed by atoms with Crippen molar-refractivity contribution in [2.75, 3.05) is 32.1 Å². The number of halogens is 2.